The second kappa shape index (κ2) is 8.49. The van der Waals surface area contributed by atoms with Crippen molar-refractivity contribution in [2.75, 3.05) is 13.1 Å². The number of hydrogen-bond donors (Lipinski definition) is 2. The van der Waals surface area contributed by atoms with E-state index in [0.29, 0.717) is 25.3 Å². The van der Waals surface area contributed by atoms with Crippen molar-refractivity contribution in [3.05, 3.63) is 60.2 Å². The van der Waals surface area contributed by atoms with E-state index >= 15 is 0 Å². The summed E-state index contributed by atoms with van der Waals surface area (Å²) in [4.78, 5) is 25.0. The maximum atomic E-state index is 12.1. The molecule has 2 N–H and O–H groups in total. The Hall–Kier alpha value is -2.86. The van der Waals surface area contributed by atoms with Crippen LogP contribution in [0.3, 0.4) is 0 Å². The number of nitrogens with one attached hydrogen (secondary N) is 1. The number of ether oxygens (including phenoxy) is 1. The van der Waals surface area contributed by atoms with Crippen LogP contribution >= 0.6 is 0 Å². The number of likely N-dealkylation sites (tertiary alicyclic amines) is 1. The first-order valence-electron chi connectivity index (χ1n) is 8.67. The van der Waals surface area contributed by atoms with Crippen molar-refractivity contribution in [3.63, 3.8) is 0 Å². The summed E-state index contributed by atoms with van der Waals surface area (Å²) in [7, 11) is 0. The molecule has 2 aromatic carbocycles. The molecular formula is C20H22N2O4. The predicted molar refractivity (Wildman–Crippen MR) is 97.0 cm³/mol. The van der Waals surface area contributed by atoms with Gasteiger partial charge in [0.15, 0.2) is 0 Å². The highest BCUT2D eigenvalue weighted by Crippen LogP contribution is 2.22. The van der Waals surface area contributed by atoms with Crippen LogP contribution in [-0.4, -0.2) is 41.0 Å². The highest BCUT2D eigenvalue weighted by Gasteiger charge is 2.31. The third kappa shape index (κ3) is 4.83. The summed E-state index contributed by atoms with van der Waals surface area (Å²) >= 11 is 0. The molecule has 1 saturated heterocycles. The molecule has 0 saturated carbocycles. The van der Waals surface area contributed by atoms with E-state index in [1.807, 2.05) is 54.6 Å². The molecule has 1 aliphatic heterocycles. The summed E-state index contributed by atoms with van der Waals surface area (Å²) in [5, 5.41) is 12.0. The molecule has 0 bridgehead atoms. The standard InChI is InChI=1S/C20H22N2O4/c23-19(14-22-11-5-10-18(22)20(24)25)21-13-15-6-4-9-17(12-15)26-16-7-2-1-3-8-16/h1-4,6-9,12,18H,5,10-11,13-14H2,(H,21,23)(H,24,25)/t18-/m0/s1. The Labute approximate surface area is 152 Å². The van der Waals surface area contributed by atoms with E-state index in [9.17, 15) is 9.59 Å². The lowest BCUT2D eigenvalue weighted by Crippen LogP contribution is -2.42. The Kier molecular flexibility index (Phi) is 5.86. The van der Waals surface area contributed by atoms with Gasteiger partial charge in [-0.25, -0.2) is 0 Å². The summed E-state index contributed by atoms with van der Waals surface area (Å²) in [5.41, 5.74) is 0.919. The van der Waals surface area contributed by atoms with Gasteiger partial charge in [0.2, 0.25) is 5.91 Å². The molecule has 1 heterocycles. The Bertz CT molecular complexity index is 763. The van der Waals surface area contributed by atoms with Crippen molar-refractivity contribution in [1.82, 2.24) is 10.2 Å². The number of amides is 1. The number of aliphatic carboxylic acids is 1. The summed E-state index contributed by atoms with van der Waals surface area (Å²) in [6, 6.07) is 16.5. The van der Waals surface area contributed by atoms with Crippen molar-refractivity contribution < 1.29 is 19.4 Å². The molecule has 1 aliphatic rings. The minimum Gasteiger partial charge on any atom is -0.480 e. The first-order valence-corrected chi connectivity index (χ1v) is 8.67. The van der Waals surface area contributed by atoms with Gasteiger partial charge in [-0.05, 0) is 49.2 Å². The van der Waals surface area contributed by atoms with Crippen molar-refractivity contribution in [2.45, 2.75) is 25.4 Å². The normalized spacial score (nSPS) is 17.0. The molecule has 0 spiro atoms. The molecule has 6 nitrogen and oxygen atoms in total. The third-order valence-electron chi connectivity index (χ3n) is 4.36. The lowest BCUT2D eigenvalue weighted by molar-refractivity contribution is -0.142. The van der Waals surface area contributed by atoms with Crippen LogP contribution in [0.1, 0.15) is 18.4 Å². The zero-order valence-corrected chi connectivity index (χ0v) is 14.4. The molecule has 0 aliphatic carbocycles. The van der Waals surface area contributed by atoms with Crippen LogP contribution in [0, 0.1) is 0 Å². The van der Waals surface area contributed by atoms with Crippen LogP contribution in [0.4, 0.5) is 0 Å². The average Bonchev–Trinajstić information content (AvgIpc) is 3.09. The number of para-hydroxylation sites is 1. The van der Waals surface area contributed by atoms with Gasteiger partial charge in [-0.2, -0.15) is 0 Å². The molecule has 2 aromatic rings. The molecular weight excluding hydrogens is 332 g/mol. The quantitative estimate of drug-likeness (QED) is 0.799. The molecule has 1 atom stereocenters. The Balaban J connectivity index is 1.52. The summed E-state index contributed by atoms with van der Waals surface area (Å²) in [6.07, 6.45) is 1.41. The minimum atomic E-state index is -0.860. The van der Waals surface area contributed by atoms with Gasteiger partial charge in [0, 0.05) is 6.54 Å². The van der Waals surface area contributed by atoms with E-state index in [1.165, 1.54) is 0 Å². The number of carboxylic acid groups (broad SMARTS) is 1. The van der Waals surface area contributed by atoms with Gasteiger partial charge in [-0.3, -0.25) is 14.5 Å². The number of carbonyl (C=O) groups is 2. The molecule has 136 valence electrons. The van der Waals surface area contributed by atoms with Crippen molar-refractivity contribution in [3.8, 4) is 11.5 Å². The van der Waals surface area contributed by atoms with E-state index in [0.717, 1.165) is 17.7 Å². The van der Waals surface area contributed by atoms with E-state index in [-0.39, 0.29) is 12.5 Å². The monoisotopic (exact) mass is 354 g/mol. The number of carbonyl (C=O) groups excluding carboxylic acids is 1. The van der Waals surface area contributed by atoms with Crippen LogP contribution in [0.2, 0.25) is 0 Å². The van der Waals surface area contributed by atoms with E-state index < -0.39 is 12.0 Å². The fraction of sp³-hybridized carbons (Fsp3) is 0.300. The Morgan fingerprint density at radius 2 is 1.88 bits per heavy atom. The van der Waals surface area contributed by atoms with Gasteiger partial charge in [0.1, 0.15) is 17.5 Å². The first-order chi connectivity index (χ1) is 12.6. The molecule has 0 unspecified atom stereocenters. The van der Waals surface area contributed by atoms with Crippen molar-refractivity contribution >= 4 is 11.9 Å². The molecule has 6 heteroatoms. The number of benzene rings is 2. The first kappa shape index (κ1) is 17.9. The smallest absolute Gasteiger partial charge is 0.320 e. The van der Waals surface area contributed by atoms with Gasteiger partial charge in [-0.15, -0.1) is 0 Å². The highest BCUT2D eigenvalue weighted by molar-refractivity contribution is 5.80. The molecule has 0 radical (unpaired) electrons. The molecule has 1 fully saturated rings. The number of rotatable bonds is 7. The van der Waals surface area contributed by atoms with E-state index in [1.54, 1.807) is 4.90 Å². The largest absolute Gasteiger partial charge is 0.480 e. The number of hydrogen-bond acceptors (Lipinski definition) is 4. The lowest BCUT2D eigenvalue weighted by atomic mass is 10.2. The zero-order valence-electron chi connectivity index (χ0n) is 14.4. The Morgan fingerprint density at radius 1 is 1.12 bits per heavy atom. The minimum absolute atomic E-state index is 0.108. The molecule has 0 aromatic heterocycles. The van der Waals surface area contributed by atoms with E-state index in [4.69, 9.17) is 9.84 Å². The SMILES string of the molecule is O=C(CN1CCC[C@H]1C(=O)O)NCc1cccc(Oc2ccccc2)c1. The zero-order chi connectivity index (χ0) is 18.4. The maximum absolute atomic E-state index is 12.1. The van der Waals surface area contributed by atoms with Crippen LogP contribution in [0.25, 0.3) is 0 Å². The molecule has 3 rings (SSSR count). The van der Waals surface area contributed by atoms with Crippen LogP contribution in [0.5, 0.6) is 11.5 Å². The summed E-state index contributed by atoms with van der Waals surface area (Å²) < 4.78 is 5.79. The second-order valence-corrected chi connectivity index (χ2v) is 6.31. The van der Waals surface area contributed by atoms with Gasteiger partial charge in [0.05, 0.1) is 6.54 Å². The van der Waals surface area contributed by atoms with Gasteiger partial charge in [-0.1, -0.05) is 30.3 Å². The molecule has 1 amide bonds. The lowest BCUT2D eigenvalue weighted by Gasteiger charge is -2.20. The highest BCUT2D eigenvalue weighted by atomic mass is 16.5. The predicted octanol–water partition coefficient (Wildman–Crippen LogP) is 2.64. The fourth-order valence-electron chi connectivity index (χ4n) is 3.08. The maximum Gasteiger partial charge on any atom is 0.320 e. The second-order valence-electron chi connectivity index (χ2n) is 6.31. The number of nitrogens with zero attached hydrogens (tertiary/aromatic N) is 1. The summed E-state index contributed by atoms with van der Waals surface area (Å²) in [5.74, 6) is 0.421. The van der Waals surface area contributed by atoms with E-state index in [2.05, 4.69) is 5.32 Å². The van der Waals surface area contributed by atoms with Gasteiger partial charge in [0.25, 0.3) is 0 Å². The van der Waals surface area contributed by atoms with Gasteiger partial charge >= 0.3 is 5.97 Å². The fourth-order valence-corrected chi connectivity index (χ4v) is 3.08. The Morgan fingerprint density at radius 3 is 2.65 bits per heavy atom. The van der Waals surface area contributed by atoms with Crippen molar-refractivity contribution in [1.29, 1.82) is 0 Å². The van der Waals surface area contributed by atoms with Crippen molar-refractivity contribution in [2.24, 2.45) is 0 Å². The van der Waals surface area contributed by atoms with Crippen LogP contribution in [0.15, 0.2) is 54.6 Å². The molecule has 26 heavy (non-hydrogen) atoms. The number of carboxylic acids is 1. The van der Waals surface area contributed by atoms with Gasteiger partial charge < -0.3 is 15.2 Å². The third-order valence-corrected chi connectivity index (χ3v) is 4.36. The summed E-state index contributed by atoms with van der Waals surface area (Å²) in [6.45, 7) is 1.12. The van der Waals surface area contributed by atoms with Crippen LogP contribution in [-0.2, 0) is 16.1 Å². The topological polar surface area (TPSA) is 78.9 Å². The van der Waals surface area contributed by atoms with Crippen LogP contribution < -0.4 is 10.1 Å². The average molecular weight is 354 g/mol.